The average Bonchev–Trinajstić information content (AvgIpc) is 3.68. The van der Waals surface area contributed by atoms with E-state index in [4.69, 9.17) is 42.6 Å². The predicted molar refractivity (Wildman–Crippen MR) is 152 cm³/mol. The highest BCUT2D eigenvalue weighted by Gasteiger charge is 2.56. The summed E-state index contributed by atoms with van der Waals surface area (Å²) in [6.45, 7) is 3.03. The van der Waals surface area contributed by atoms with Crippen LogP contribution in [0.2, 0.25) is 0 Å². The molecule has 3 fully saturated rings. The van der Waals surface area contributed by atoms with Crippen LogP contribution in [0.1, 0.15) is 54.5 Å². The second-order valence-electron chi connectivity index (χ2n) is 11.9. The lowest BCUT2D eigenvalue weighted by Gasteiger charge is -2.47. The van der Waals surface area contributed by atoms with Gasteiger partial charge in [-0.1, -0.05) is 6.92 Å². The van der Waals surface area contributed by atoms with Crippen LogP contribution in [-0.4, -0.2) is 91.4 Å². The first kappa shape index (κ1) is 31.1. The van der Waals surface area contributed by atoms with Gasteiger partial charge in [0.2, 0.25) is 6.79 Å². The van der Waals surface area contributed by atoms with E-state index in [0.29, 0.717) is 33.8 Å². The molecule has 46 heavy (non-hydrogen) atoms. The molecule has 4 heterocycles. The highest BCUT2D eigenvalue weighted by atomic mass is 16.8. The number of esters is 2. The van der Waals surface area contributed by atoms with Crippen molar-refractivity contribution in [1.82, 2.24) is 0 Å². The van der Waals surface area contributed by atoms with Crippen LogP contribution in [-0.2, 0) is 39.9 Å². The maximum atomic E-state index is 13.5. The Labute approximate surface area is 263 Å². The van der Waals surface area contributed by atoms with Crippen LogP contribution in [0.4, 0.5) is 0 Å². The van der Waals surface area contributed by atoms with Crippen molar-refractivity contribution in [3.8, 4) is 23.0 Å². The molecule has 3 N–H and O–H groups in total. The number of benzene rings is 2. The monoisotopic (exact) mass is 644 g/mol. The molecule has 0 spiro atoms. The number of aliphatic hydroxyl groups excluding tert-OH is 3. The summed E-state index contributed by atoms with van der Waals surface area (Å²) < 4.78 is 51.9. The van der Waals surface area contributed by atoms with Gasteiger partial charge in [0.1, 0.15) is 24.4 Å². The van der Waals surface area contributed by atoms with E-state index in [-0.39, 0.29) is 37.9 Å². The third kappa shape index (κ3) is 5.18. The van der Waals surface area contributed by atoms with Crippen LogP contribution in [0.25, 0.3) is 0 Å². The van der Waals surface area contributed by atoms with Crippen LogP contribution in [0.3, 0.4) is 0 Å². The van der Waals surface area contributed by atoms with Crippen molar-refractivity contribution in [3.63, 3.8) is 0 Å². The van der Waals surface area contributed by atoms with E-state index in [9.17, 15) is 24.9 Å². The molecule has 0 bridgehead atoms. The highest BCUT2D eigenvalue weighted by Crippen LogP contribution is 2.56. The molecule has 6 unspecified atom stereocenters. The second kappa shape index (κ2) is 12.3. The zero-order valence-corrected chi connectivity index (χ0v) is 25.5. The fourth-order valence-electron chi connectivity index (χ4n) is 7.08. The number of carbonyl (C=O) groups excluding carboxylic acids is 2. The van der Waals surface area contributed by atoms with E-state index in [2.05, 4.69) is 0 Å². The number of ether oxygens (including phenoxy) is 9. The number of aliphatic hydroxyl groups is 3. The van der Waals surface area contributed by atoms with E-state index >= 15 is 0 Å². The van der Waals surface area contributed by atoms with Gasteiger partial charge in [-0.3, -0.25) is 9.59 Å². The fraction of sp³-hybridized carbons (Fsp3) is 0.562. The van der Waals surface area contributed by atoms with E-state index in [0.717, 1.165) is 0 Å². The summed E-state index contributed by atoms with van der Waals surface area (Å²) >= 11 is 0. The molecule has 0 amide bonds. The van der Waals surface area contributed by atoms with E-state index < -0.39 is 79.4 Å². The van der Waals surface area contributed by atoms with Gasteiger partial charge < -0.3 is 58.0 Å². The smallest absolute Gasteiger partial charge is 0.311 e. The van der Waals surface area contributed by atoms with Gasteiger partial charge in [0.05, 0.1) is 39.0 Å². The van der Waals surface area contributed by atoms with Crippen molar-refractivity contribution in [2.75, 3.05) is 27.1 Å². The molecule has 7 rings (SSSR count). The van der Waals surface area contributed by atoms with Gasteiger partial charge in [-0.15, -0.1) is 0 Å². The third-order valence-electron chi connectivity index (χ3n) is 9.29. The largest absolute Gasteiger partial charge is 0.493 e. The minimum absolute atomic E-state index is 0.00141. The van der Waals surface area contributed by atoms with Gasteiger partial charge in [-0.2, -0.15) is 0 Å². The first-order valence-corrected chi connectivity index (χ1v) is 15.3. The van der Waals surface area contributed by atoms with Gasteiger partial charge in [0.25, 0.3) is 0 Å². The zero-order valence-electron chi connectivity index (χ0n) is 25.5. The van der Waals surface area contributed by atoms with Gasteiger partial charge in [0.15, 0.2) is 35.6 Å². The number of hydrogen-bond acceptors (Lipinski definition) is 14. The normalized spacial score (nSPS) is 34.3. The molecule has 5 aliphatic rings. The van der Waals surface area contributed by atoms with Crippen molar-refractivity contribution in [2.45, 2.75) is 75.9 Å². The topological polar surface area (TPSA) is 178 Å². The second-order valence-corrected chi connectivity index (χ2v) is 11.9. The molecular formula is C32H36O14. The van der Waals surface area contributed by atoms with Crippen LogP contribution < -0.4 is 18.9 Å². The minimum Gasteiger partial charge on any atom is -0.493 e. The summed E-state index contributed by atoms with van der Waals surface area (Å²) in [6.07, 6.45) is -6.87. The first-order chi connectivity index (χ1) is 22.2. The van der Waals surface area contributed by atoms with E-state index in [1.165, 1.54) is 7.11 Å². The van der Waals surface area contributed by atoms with Crippen molar-refractivity contribution in [3.05, 3.63) is 46.5 Å². The lowest BCUT2D eigenvalue weighted by atomic mass is 9.66. The summed E-state index contributed by atoms with van der Waals surface area (Å²) in [7, 11) is 1.42. The van der Waals surface area contributed by atoms with Crippen LogP contribution in [0.15, 0.2) is 24.3 Å². The number of rotatable bonds is 7. The standard InChI is InChI=1S/C32H36O14/c1-4-23(34)45-28-15(9-33)5-14(6-21(28)38-3)24-16-7-19-20(42-12-41-19)8-17(16)29(18-10-40-31(37)25(18)24)46-32-27(36)26(35)30-22(44-32)11-39-13(2)43-30/h5-8,13,18,22,24-27,29-30,32-33,35-36H,4,9-12H2,1-3H3/t13?,18-,22?,24+,25-,26?,27?,29+,30?,32?/m0/s1. The lowest BCUT2D eigenvalue weighted by molar-refractivity contribution is -0.364. The van der Waals surface area contributed by atoms with Gasteiger partial charge in [0, 0.05) is 23.8 Å². The Bertz CT molecular complexity index is 1480. The number of cyclic esters (lactones) is 1. The van der Waals surface area contributed by atoms with Crippen molar-refractivity contribution >= 4 is 11.9 Å². The quantitative estimate of drug-likeness (QED) is 0.291. The van der Waals surface area contributed by atoms with Crippen LogP contribution >= 0.6 is 0 Å². The summed E-state index contributed by atoms with van der Waals surface area (Å²) in [5, 5.41) is 32.4. The molecule has 0 saturated carbocycles. The number of hydrogen-bond donors (Lipinski definition) is 3. The molecule has 1 aliphatic carbocycles. The van der Waals surface area contributed by atoms with Gasteiger partial charge in [-0.25, -0.2) is 0 Å². The fourth-order valence-corrected chi connectivity index (χ4v) is 7.08. The average molecular weight is 645 g/mol. The molecule has 2 aromatic carbocycles. The first-order valence-electron chi connectivity index (χ1n) is 15.3. The van der Waals surface area contributed by atoms with Gasteiger partial charge >= 0.3 is 11.9 Å². The zero-order chi connectivity index (χ0) is 32.3. The molecule has 14 heteroatoms. The summed E-state index contributed by atoms with van der Waals surface area (Å²) in [6, 6.07) is 6.91. The lowest BCUT2D eigenvalue weighted by Crippen LogP contribution is -2.63. The third-order valence-corrected chi connectivity index (χ3v) is 9.29. The van der Waals surface area contributed by atoms with E-state index in [1.807, 2.05) is 0 Å². The Morgan fingerprint density at radius 3 is 2.48 bits per heavy atom. The number of carbonyl (C=O) groups is 2. The van der Waals surface area contributed by atoms with E-state index in [1.54, 1.807) is 38.1 Å². The van der Waals surface area contributed by atoms with Crippen LogP contribution in [0, 0.1) is 11.8 Å². The molecule has 3 saturated heterocycles. The van der Waals surface area contributed by atoms with Crippen LogP contribution in [0.5, 0.6) is 23.0 Å². The SMILES string of the molecule is CCC(=O)Oc1c(CO)cc([C@@H]2c3cc4c(cc3[C@@H](OC3OC5COC(C)OC5C(O)C3O)[C@H]3COC(=O)[C@H]23)OCO4)cc1OC. The highest BCUT2D eigenvalue weighted by molar-refractivity contribution is 5.79. The minimum atomic E-state index is -1.46. The summed E-state index contributed by atoms with van der Waals surface area (Å²) in [5.74, 6) is -1.69. The molecule has 10 atom stereocenters. The maximum Gasteiger partial charge on any atom is 0.311 e. The summed E-state index contributed by atoms with van der Waals surface area (Å²) in [4.78, 5) is 25.7. The molecule has 248 valence electrons. The van der Waals surface area contributed by atoms with Crippen molar-refractivity contribution in [2.24, 2.45) is 11.8 Å². The Morgan fingerprint density at radius 2 is 1.76 bits per heavy atom. The van der Waals surface area contributed by atoms with Gasteiger partial charge in [-0.05, 0) is 47.9 Å². The number of fused-ring (bicyclic) bond motifs is 4. The molecule has 4 aliphatic heterocycles. The molecule has 2 aromatic rings. The number of methoxy groups -OCH3 is 1. The Morgan fingerprint density at radius 1 is 1.00 bits per heavy atom. The predicted octanol–water partition coefficient (Wildman–Crippen LogP) is 1.43. The Hall–Kier alpha value is -3.50. The Kier molecular flexibility index (Phi) is 8.30. The molecule has 0 radical (unpaired) electrons. The van der Waals surface area contributed by atoms with Crippen molar-refractivity contribution < 1.29 is 67.5 Å². The molecule has 0 aromatic heterocycles. The molecular weight excluding hydrogens is 608 g/mol. The molecule has 14 nitrogen and oxygen atoms in total. The maximum absolute atomic E-state index is 13.5. The Balaban J connectivity index is 1.31. The summed E-state index contributed by atoms with van der Waals surface area (Å²) in [5.41, 5.74) is 2.19. The van der Waals surface area contributed by atoms with Crippen molar-refractivity contribution in [1.29, 1.82) is 0 Å².